The Hall–Kier alpha value is -17.2. The number of para-hydroxylation sites is 11. The van der Waals surface area contributed by atoms with Crippen LogP contribution >= 0.6 is 0 Å². The molecule has 4 heterocycles. The second kappa shape index (κ2) is 30.2. The van der Waals surface area contributed by atoms with Gasteiger partial charge >= 0.3 is 0 Å². The summed E-state index contributed by atoms with van der Waals surface area (Å²) in [6, 6.07) is 168. The molecule has 622 valence electrons. The molecule has 0 amide bonds. The molecule has 0 fully saturated rings. The summed E-state index contributed by atoms with van der Waals surface area (Å²) in [5.41, 5.74) is 32.7. The molecular weight excluding hydrogens is 1610 g/mol. The number of benzene rings is 20. The van der Waals surface area contributed by atoms with Gasteiger partial charge < -0.3 is 37.3 Å². The zero-order valence-corrected chi connectivity index (χ0v) is 72.3. The van der Waals surface area contributed by atoms with Crippen LogP contribution in [0, 0.1) is 13.8 Å². The van der Waals surface area contributed by atoms with Crippen LogP contribution in [0.2, 0.25) is 0 Å². The average molecular weight is 1690 g/mol. The van der Waals surface area contributed by atoms with Crippen molar-refractivity contribution in [3.63, 3.8) is 0 Å². The molecule has 24 aromatic rings. The van der Waals surface area contributed by atoms with Gasteiger partial charge in [-0.2, -0.15) is 0 Å². The summed E-state index contributed by atoms with van der Waals surface area (Å²) < 4.78 is 31.3. The van der Waals surface area contributed by atoms with E-state index in [1.54, 1.807) is 0 Å². The number of fused-ring (bicyclic) bond motifs is 22. The van der Waals surface area contributed by atoms with Crippen molar-refractivity contribution in [1.29, 1.82) is 0 Å². The monoisotopic (exact) mass is 1690 g/mol. The first kappa shape index (κ1) is 76.1. The van der Waals surface area contributed by atoms with Crippen LogP contribution in [-0.4, -0.2) is 0 Å². The molecule has 0 bridgehead atoms. The first-order chi connectivity index (χ1) is 65.4. The van der Waals surface area contributed by atoms with Gasteiger partial charge in [-0.3, -0.25) is 0 Å². The lowest BCUT2D eigenvalue weighted by molar-refractivity contribution is 0.668. The maximum atomic E-state index is 8.11. The van der Waals surface area contributed by atoms with Crippen molar-refractivity contribution >= 4 is 156 Å². The second-order valence-electron chi connectivity index (χ2n) is 34.8. The van der Waals surface area contributed by atoms with Gasteiger partial charge in [0.25, 0.3) is 0 Å². The summed E-state index contributed by atoms with van der Waals surface area (Å²) in [6.45, 7) is 4.42. The third kappa shape index (κ3) is 11.3. The lowest BCUT2D eigenvalue weighted by atomic mass is 9.67. The summed E-state index contributed by atoms with van der Waals surface area (Å²) in [4.78, 5) is 9.69. The van der Waals surface area contributed by atoms with Gasteiger partial charge in [-0.05, 0) is 226 Å². The predicted molar refractivity (Wildman–Crippen MR) is 544 cm³/mol. The van der Waals surface area contributed by atoms with Gasteiger partial charge in [-0.15, -0.1) is 0 Å². The Bertz CT molecular complexity index is 8560. The Morgan fingerprint density at radius 2 is 0.462 bits per heavy atom. The molecule has 8 heteroatoms. The molecule has 4 aromatic heterocycles. The smallest absolute Gasteiger partial charge is 0.160 e. The summed E-state index contributed by atoms with van der Waals surface area (Å²) >= 11 is 0. The van der Waals surface area contributed by atoms with Crippen LogP contribution in [0.5, 0.6) is 0 Å². The Balaban J connectivity index is 0.790. The summed E-state index contributed by atoms with van der Waals surface area (Å²) in [5.74, 6) is 0. The summed E-state index contributed by atoms with van der Waals surface area (Å²) in [5, 5.41) is 7.92. The van der Waals surface area contributed by atoms with Gasteiger partial charge in [0.05, 0.1) is 44.4 Å². The molecule has 2 aliphatic carbocycles. The van der Waals surface area contributed by atoms with Crippen molar-refractivity contribution in [2.45, 2.75) is 24.7 Å². The molecule has 1 unspecified atom stereocenters. The van der Waals surface area contributed by atoms with E-state index < -0.39 is 10.8 Å². The number of anilines is 12. The van der Waals surface area contributed by atoms with E-state index in [0.29, 0.717) is 0 Å². The SMILES string of the molecule is Cc1ccccc1N(c1ccccc1)c1cc2c(c3c1oc1ccccc13)-c1c(cc(N(c3ccccc3)c3ccccc3C)c3c1oc1ccccc13)C2(c1ccccc1)c1cccc(-c2ccc3c(c2)oc2c(N(c4ccccc4)c4ccccc4)cc4c(c23)-c2c(cc(N(c3ccccc3)c3ccccc3)c3c2oc2ccccc23)C4(c2ccccc2)c2ccccc2)c1. The molecule has 0 saturated heterocycles. The Morgan fingerprint density at radius 3 is 0.879 bits per heavy atom. The van der Waals surface area contributed by atoms with Gasteiger partial charge in [0, 0.05) is 100 Å². The lowest BCUT2D eigenvalue weighted by Gasteiger charge is -2.36. The van der Waals surface area contributed by atoms with E-state index in [2.05, 4.69) is 494 Å². The zero-order valence-electron chi connectivity index (χ0n) is 72.3. The summed E-state index contributed by atoms with van der Waals surface area (Å²) in [7, 11) is 0. The number of furan rings is 4. The number of rotatable bonds is 17. The largest absolute Gasteiger partial charge is 0.455 e. The number of hydrogen-bond acceptors (Lipinski definition) is 8. The second-order valence-corrected chi connectivity index (χ2v) is 34.8. The van der Waals surface area contributed by atoms with E-state index in [1.807, 2.05) is 0 Å². The van der Waals surface area contributed by atoms with Gasteiger partial charge in [0.2, 0.25) is 0 Å². The maximum Gasteiger partial charge on any atom is 0.160 e. The quantitative estimate of drug-likeness (QED) is 0.0894. The van der Waals surface area contributed by atoms with E-state index >= 15 is 0 Å². The van der Waals surface area contributed by atoms with E-state index in [4.69, 9.17) is 17.7 Å². The number of hydrogen-bond donors (Lipinski definition) is 0. The van der Waals surface area contributed by atoms with E-state index in [1.165, 1.54) is 0 Å². The molecule has 20 aromatic carbocycles. The fraction of sp³-hybridized carbons (Fsp3) is 0.0323. The Morgan fingerprint density at radius 1 is 0.182 bits per heavy atom. The molecule has 26 rings (SSSR count). The minimum Gasteiger partial charge on any atom is -0.455 e. The van der Waals surface area contributed by atoms with Crippen LogP contribution in [0.3, 0.4) is 0 Å². The average Bonchev–Trinajstić information content (AvgIpc) is 1.50. The molecule has 1 atom stereocenters. The minimum atomic E-state index is -1.14. The van der Waals surface area contributed by atoms with Crippen LogP contribution in [0.15, 0.2) is 479 Å². The predicted octanol–water partition coefficient (Wildman–Crippen LogP) is 34.2. The molecule has 0 radical (unpaired) electrons. The van der Waals surface area contributed by atoms with Crippen molar-refractivity contribution in [3.8, 4) is 33.4 Å². The van der Waals surface area contributed by atoms with Gasteiger partial charge in [-0.25, -0.2) is 0 Å². The zero-order chi connectivity index (χ0) is 87.3. The van der Waals surface area contributed by atoms with E-state index in [0.717, 1.165) is 245 Å². The van der Waals surface area contributed by atoms with E-state index in [9.17, 15) is 0 Å². The molecule has 2 aliphatic rings. The van der Waals surface area contributed by atoms with Crippen LogP contribution < -0.4 is 19.6 Å². The Labute approximate surface area is 762 Å². The fourth-order valence-electron chi connectivity index (χ4n) is 22.3. The van der Waals surface area contributed by atoms with Gasteiger partial charge in [0.1, 0.15) is 33.5 Å². The molecular formula is C124H82N4O4. The maximum absolute atomic E-state index is 8.11. The van der Waals surface area contributed by atoms with Crippen molar-refractivity contribution < 1.29 is 17.7 Å². The fourth-order valence-corrected chi connectivity index (χ4v) is 22.3. The molecule has 0 saturated carbocycles. The number of nitrogens with zero attached hydrogens (tertiary/aromatic N) is 4. The third-order valence-corrected chi connectivity index (χ3v) is 27.7. The van der Waals surface area contributed by atoms with Crippen molar-refractivity contribution in [1.82, 2.24) is 0 Å². The summed E-state index contributed by atoms with van der Waals surface area (Å²) in [6.07, 6.45) is 0. The standard InChI is InChI=1S/C124H82N4O4/c1-79-41-30-35-66-101(79)127(91-59-26-10-27-60-91)104-76-100-118(122-112(104)94-64-33-38-69-108(94)131-122)116-98(78-106(120-113(116)95-65-34-39-70-109(95)129-120)128(92-61-28-11-29-62-92)102-67-36-31-42-80(102)2)124(100,85-48-16-5-17-49-85)86-50-40-43-81(73-86)82-71-72-96-110(74-82)132-119-105(126(89-55-22-8-23-56-89)90-57-24-9-25-58-90)77-97-115(114(96)119)117-99(123(97,83-44-12-3-13-45-83)84-46-14-4-15-47-84)75-103(111-93-63-32-37-68-107(93)130-121(111)117)125(87-51-18-6-19-52-87)88-53-20-7-21-54-88/h3-78H,1-2H3. The van der Waals surface area contributed by atoms with Crippen LogP contribution in [0.4, 0.5) is 68.2 Å². The van der Waals surface area contributed by atoms with Crippen LogP contribution in [0.25, 0.3) is 121 Å². The van der Waals surface area contributed by atoms with Crippen molar-refractivity contribution in [2.24, 2.45) is 0 Å². The highest BCUT2D eigenvalue weighted by atomic mass is 16.3. The highest BCUT2D eigenvalue weighted by Crippen LogP contribution is 2.68. The minimum absolute atomic E-state index is 0.721. The molecule has 132 heavy (non-hydrogen) atoms. The van der Waals surface area contributed by atoms with Gasteiger partial charge in [0.15, 0.2) is 11.2 Å². The first-order valence-electron chi connectivity index (χ1n) is 45.3. The Kier molecular flexibility index (Phi) is 17.4. The molecule has 0 aliphatic heterocycles. The van der Waals surface area contributed by atoms with Crippen molar-refractivity contribution in [3.05, 3.63) is 517 Å². The molecule has 0 spiro atoms. The molecule has 0 N–H and O–H groups in total. The van der Waals surface area contributed by atoms with Crippen LogP contribution in [-0.2, 0) is 10.8 Å². The normalized spacial score (nSPS) is 13.6. The van der Waals surface area contributed by atoms with E-state index in [-0.39, 0.29) is 0 Å². The lowest BCUT2D eigenvalue weighted by Crippen LogP contribution is -2.29. The first-order valence-corrected chi connectivity index (χ1v) is 45.3. The van der Waals surface area contributed by atoms with Crippen molar-refractivity contribution in [2.75, 3.05) is 19.6 Å². The topological polar surface area (TPSA) is 65.5 Å². The third-order valence-electron chi connectivity index (χ3n) is 27.7. The molecule has 8 nitrogen and oxygen atoms in total. The van der Waals surface area contributed by atoms with Crippen LogP contribution in [0.1, 0.15) is 55.6 Å². The number of aryl methyl sites for hydroxylation is 2. The van der Waals surface area contributed by atoms with Gasteiger partial charge in [-0.1, -0.05) is 315 Å². The highest BCUT2D eigenvalue weighted by molar-refractivity contribution is 6.29. The highest BCUT2D eigenvalue weighted by Gasteiger charge is 2.53.